The summed E-state index contributed by atoms with van der Waals surface area (Å²) in [5.41, 5.74) is 10.4. The summed E-state index contributed by atoms with van der Waals surface area (Å²) in [4.78, 5) is 57.8. The second-order valence-corrected chi connectivity index (χ2v) is 6.05. The Hall–Kier alpha value is -2.42. The van der Waals surface area contributed by atoms with Gasteiger partial charge in [0.05, 0.1) is 19.3 Å². The highest BCUT2D eigenvalue weighted by Gasteiger charge is 2.29. The van der Waals surface area contributed by atoms with Gasteiger partial charge in [0, 0.05) is 12.2 Å². The van der Waals surface area contributed by atoms with Crippen LogP contribution < -0.4 is 27.4 Å². The molecule has 0 radical (unpaired) electrons. The lowest BCUT2D eigenvalue weighted by Gasteiger charge is -2.23. The van der Waals surface area contributed by atoms with Crippen molar-refractivity contribution in [3.05, 3.63) is 0 Å². The number of thiol groups is 1. The molecule has 4 amide bonds. The number of aliphatic hydroxyl groups excluding tert-OH is 2. The Morgan fingerprint density at radius 2 is 1.29 bits per heavy atom. The number of carbonyl (C=O) groups excluding carboxylic acids is 4. The molecule has 0 aromatic rings. The van der Waals surface area contributed by atoms with Crippen LogP contribution in [0.2, 0.25) is 0 Å². The van der Waals surface area contributed by atoms with Crippen LogP contribution in [-0.4, -0.2) is 88.1 Å². The summed E-state index contributed by atoms with van der Waals surface area (Å²) in [6.07, 6.45) is -0.600. The monoisotopic (exact) mass is 423 g/mol. The molecule has 0 aliphatic rings. The molecule has 0 aliphatic heterocycles. The molecule has 0 aromatic carbocycles. The van der Waals surface area contributed by atoms with E-state index in [4.69, 9.17) is 16.6 Å². The lowest BCUT2D eigenvalue weighted by atomic mass is 10.1. The Morgan fingerprint density at radius 3 is 1.64 bits per heavy atom. The Bertz CT molecular complexity index is 590. The van der Waals surface area contributed by atoms with Crippen molar-refractivity contribution < 1.29 is 39.3 Å². The highest BCUT2D eigenvalue weighted by atomic mass is 32.1. The van der Waals surface area contributed by atoms with Gasteiger partial charge >= 0.3 is 5.97 Å². The molecule has 14 heteroatoms. The number of amides is 4. The number of aliphatic hydroxyl groups is 2. The van der Waals surface area contributed by atoms with Gasteiger partial charge in [-0.25, -0.2) is 4.79 Å². The van der Waals surface area contributed by atoms with Gasteiger partial charge in [-0.2, -0.15) is 12.6 Å². The summed E-state index contributed by atoms with van der Waals surface area (Å²) >= 11 is 3.82. The van der Waals surface area contributed by atoms with E-state index in [-0.39, 0.29) is 18.6 Å². The van der Waals surface area contributed by atoms with Gasteiger partial charge in [-0.15, -0.1) is 0 Å². The number of primary amides is 1. The van der Waals surface area contributed by atoms with Gasteiger partial charge in [0.1, 0.15) is 18.1 Å². The predicted octanol–water partition coefficient (Wildman–Crippen LogP) is -4.97. The average Bonchev–Trinajstić information content (AvgIpc) is 2.65. The minimum Gasteiger partial charge on any atom is -0.480 e. The van der Waals surface area contributed by atoms with Gasteiger partial charge in [-0.1, -0.05) is 0 Å². The van der Waals surface area contributed by atoms with Crippen LogP contribution in [0.4, 0.5) is 0 Å². The normalized spacial score (nSPS) is 14.9. The van der Waals surface area contributed by atoms with E-state index < -0.39 is 67.0 Å². The minimum atomic E-state index is -1.58. The quantitative estimate of drug-likeness (QED) is 0.129. The van der Waals surface area contributed by atoms with Gasteiger partial charge in [0.2, 0.25) is 23.6 Å². The van der Waals surface area contributed by atoms with Crippen molar-refractivity contribution in [2.75, 3.05) is 19.0 Å². The minimum absolute atomic E-state index is 0.0187. The van der Waals surface area contributed by atoms with Crippen LogP contribution in [0.1, 0.15) is 12.8 Å². The van der Waals surface area contributed by atoms with E-state index in [1.54, 1.807) is 0 Å². The van der Waals surface area contributed by atoms with E-state index in [1.807, 2.05) is 0 Å². The summed E-state index contributed by atoms with van der Waals surface area (Å²) in [7, 11) is 0. The molecule has 0 heterocycles. The van der Waals surface area contributed by atoms with E-state index in [1.165, 1.54) is 0 Å². The fourth-order valence-electron chi connectivity index (χ4n) is 1.84. The van der Waals surface area contributed by atoms with Crippen molar-refractivity contribution in [1.82, 2.24) is 16.0 Å². The number of rotatable bonds is 13. The van der Waals surface area contributed by atoms with Crippen molar-refractivity contribution >= 4 is 42.2 Å². The zero-order chi connectivity index (χ0) is 21.9. The molecule has 4 atom stereocenters. The molecule has 28 heavy (non-hydrogen) atoms. The molecule has 0 bridgehead atoms. The molecule has 0 saturated heterocycles. The number of carbonyl (C=O) groups is 5. The smallest absolute Gasteiger partial charge is 0.326 e. The topological polar surface area (TPSA) is 234 Å². The Balaban J connectivity index is 4.96. The fourth-order valence-corrected chi connectivity index (χ4v) is 2.00. The number of nitrogens with one attached hydrogen (secondary N) is 3. The molecule has 0 spiro atoms. The van der Waals surface area contributed by atoms with Crippen molar-refractivity contribution in [1.29, 1.82) is 0 Å². The second-order valence-electron chi connectivity index (χ2n) is 5.68. The molecule has 0 aliphatic carbocycles. The highest BCUT2D eigenvalue weighted by molar-refractivity contribution is 7.80. The maximum Gasteiger partial charge on any atom is 0.326 e. The van der Waals surface area contributed by atoms with Crippen LogP contribution in [0, 0.1) is 0 Å². The number of carboxylic acid groups (broad SMARTS) is 1. The first kappa shape index (κ1) is 25.6. The molecule has 0 saturated carbocycles. The van der Waals surface area contributed by atoms with Gasteiger partial charge in [0.25, 0.3) is 0 Å². The number of hydrogen-bond donors (Lipinski definition) is 9. The van der Waals surface area contributed by atoms with Crippen molar-refractivity contribution in [3.8, 4) is 0 Å². The standard InChI is InChI=1S/C14H25N5O8S/c15-6(5-28)11(23)18-8(3-20)13(25)19-9(4-21)12(24)17-7(14(26)27)1-2-10(16)22/h6-9,20-21,28H,1-5,15H2,(H2,16,22)(H,17,24)(H,18,23)(H,19,25)(H,26,27). The fraction of sp³-hybridized carbons (Fsp3) is 0.643. The summed E-state index contributed by atoms with van der Waals surface area (Å²) in [5, 5.41) is 33.9. The van der Waals surface area contributed by atoms with E-state index in [0.29, 0.717) is 0 Å². The molecule has 13 nitrogen and oxygen atoms in total. The largest absolute Gasteiger partial charge is 0.480 e. The van der Waals surface area contributed by atoms with Crippen LogP contribution in [-0.2, 0) is 24.0 Å². The Morgan fingerprint density at radius 1 is 0.857 bits per heavy atom. The highest BCUT2D eigenvalue weighted by Crippen LogP contribution is 1.99. The summed E-state index contributed by atoms with van der Waals surface area (Å²) in [5.74, 6) is -5.07. The predicted molar refractivity (Wildman–Crippen MR) is 97.9 cm³/mol. The zero-order valence-electron chi connectivity index (χ0n) is 14.8. The number of carboxylic acids is 1. The van der Waals surface area contributed by atoms with Gasteiger partial charge < -0.3 is 42.7 Å². The Labute approximate surface area is 165 Å². The molecule has 160 valence electrons. The summed E-state index contributed by atoms with van der Waals surface area (Å²) < 4.78 is 0. The molecular weight excluding hydrogens is 398 g/mol. The van der Waals surface area contributed by atoms with Crippen LogP contribution in [0.15, 0.2) is 0 Å². The number of aliphatic carboxylic acids is 1. The molecule has 0 fully saturated rings. The lowest BCUT2D eigenvalue weighted by Crippen LogP contribution is -2.59. The third kappa shape index (κ3) is 8.98. The molecule has 0 rings (SSSR count). The first-order chi connectivity index (χ1) is 13.1. The van der Waals surface area contributed by atoms with Gasteiger partial charge in [-0.3, -0.25) is 19.2 Å². The molecular formula is C14H25N5O8S. The molecule has 0 aromatic heterocycles. The van der Waals surface area contributed by atoms with Crippen LogP contribution in [0.25, 0.3) is 0 Å². The van der Waals surface area contributed by atoms with Crippen LogP contribution in [0.3, 0.4) is 0 Å². The maximum atomic E-state index is 12.1. The van der Waals surface area contributed by atoms with E-state index in [9.17, 15) is 34.2 Å². The molecule has 4 unspecified atom stereocenters. The van der Waals surface area contributed by atoms with E-state index in [0.717, 1.165) is 0 Å². The third-order valence-corrected chi connectivity index (χ3v) is 3.85. The second kappa shape index (κ2) is 12.9. The van der Waals surface area contributed by atoms with Crippen molar-refractivity contribution in [2.24, 2.45) is 11.5 Å². The van der Waals surface area contributed by atoms with E-state index >= 15 is 0 Å². The molecule has 10 N–H and O–H groups in total. The van der Waals surface area contributed by atoms with Crippen LogP contribution in [0.5, 0.6) is 0 Å². The van der Waals surface area contributed by atoms with Crippen LogP contribution >= 0.6 is 12.6 Å². The lowest BCUT2D eigenvalue weighted by molar-refractivity contribution is -0.143. The Kier molecular flexibility index (Phi) is 11.8. The average molecular weight is 423 g/mol. The number of hydrogen-bond acceptors (Lipinski definition) is 9. The third-order valence-electron chi connectivity index (χ3n) is 3.46. The maximum absolute atomic E-state index is 12.1. The number of nitrogens with two attached hydrogens (primary N) is 2. The van der Waals surface area contributed by atoms with Crippen molar-refractivity contribution in [3.63, 3.8) is 0 Å². The summed E-state index contributed by atoms with van der Waals surface area (Å²) in [6.45, 7) is -1.73. The van der Waals surface area contributed by atoms with Crippen molar-refractivity contribution in [2.45, 2.75) is 37.0 Å². The zero-order valence-corrected chi connectivity index (χ0v) is 15.7. The van der Waals surface area contributed by atoms with Gasteiger partial charge in [0.15, 0.2) is 0 Å². The van der Waals surface area contributed by atoms with Gasteiger partial charge in [-0.05, 0) is 6.42 Å². The summed E-state index contributed by atoms with van der Waals surface area (Å²) in [6, 6.07) is -5.56. The first-order valence-corrected chi connectivity index (χ1v) is 8.70. The van der Waals surface area contributed by atoms with E-state index in [2.05, 4.69) is 28.6 Å². The SMILES string of the molecule is NC(=O)CCC(NC(=O)C(CO)NC(=O)C(CO)NC(=O)C(N)CS)C(=O)O. The first-order valence-electron chi connectivity index (χ1n) is 8.07.